The summed E-state index contributed by atoms with van der Waals surface area (Å²) < 4.78 is 0. The van der Waals surface area contributed by atoms with Gasteiger partial charge in [-0.2, -0.15) is 11.8 Å². The lowest BCUT2D eigenvalue weighted by molar-refractivity contribution is 0.0743. The molecular formula is C14H23N3OS. The Hall–Kier alpha value is -1.20. The molecule has 0 heterocycles. The molecule has 1 unspecified atom stereocenters. The van der Waals surface area contributed by atoms with Gasteiger partial charge in [-0.1, -0.05) is 6.92 Å². The Morgan fingerprint density at radius 1 is 1.53 bits per heavy atom. The first-order valence-corrected chi connectivity index (χ1v) is 7.77. The fourth-order valence-electron chi connectivity index (χ4n) is 2.02. The van der Waals surface area contributed by atoms with Crippen LogP contribution in [0.15, 0.2) is 18.2 Å². The molecule has 0 aliphatic carbocycles. The highest BCUT2D eigenvalue weighted by atomic mass is 32.2. The molecule has 5 heteroatoms. The Morgan fingerprint density at radius 2 is 2.21 bits per heavy atom. The molecule has 3 N–H and O–H groups in total. The lowest BCUT2D eigenvalue weighted by Crippen LogP contribution is -2.38. The van der Waals surface area contributed by atoms with E-state index in [0.717, 1.165) is 23.4 Å². The van der Waals surface area contributed by atoms with E-state index in [-0.39, 0.29) is 11.9 Å². The number of rotatable bonds is 6. The van der Waals surface area contributed by atoms with Gasteiger partial charge in [-0.05, 0) is 43.4 Å². The van der Waals surface area contributed by atoms with Crippen LogP contribution in [0, 0.1) is 6.92 Å². The predicted octanol–water partition coefficient (Wildman–Crippen LogP) is 2.49. The average molecular weight is 281 g/mol. The summed E-state index contributed by atoms with van der Waals surface area (Å²) >= 11 is 1.76. The molecule has 0 spiro atoms. The van der Waals surface area contributed by atoms with Crippen LogP contribution in [0.5, 0.6) is 0 Å². The zero-order chi connectivity index (χ0) is 14.4. The van der Waals surface area contributed by atoms with Crippen LogP contribution in [-0.4, -0.2) is 35.9 Å². The van der Waals surface area contributed by atoms with Crippen molar-refractivity contribution in [1.29, 1.82) is 0 Å². The van der Waals surface area contributed by atoms with Crippen molar-refractivity contribution in [3.05, 3.63) is 29.3 Å². The number of carbonyl (C=O) groups excluding carboxylic acids is 1. The lowest BCUT2D eigenvalue weighted by atomic mass is 10.1. The maximum Gasteiger partial charge on any atom is 0.253 e. The van der Waals surface area contributed by atoms with Crippen molar-refractivity contribution in [1.82, 2.24) is 4.90 Å². The van der Waals surface area contributed by atoms with Crippen molar-refractivity contribution in [3.8, 4) is 0 Å². The van der Waals surface area contributed by atoms with Gasteiger partial charge in [0.25, 0.3) is 5.91 Å². The third-order valence-corrected chi connectivity index (χ3v) is 4.05. The van der Waals surface area contributed by atoms with Gasteiger partial charge in [0.1, 0.15) is 0 Å². The lowest BCUT2D eigenvalue weighted by Gasteiger charge is -2.27. The third-order valence-electron chi connectivity index (χ3n) is 3.33. The van der Waals surface area contributed by atoms with Crippen molar-refractivity contribution in [2.24, 2.45) is 5.84 Å². The Morgan fingerprint density at radius 3 is 2.68 bits per heavy atom. The first-order chi connectivity index (χ1) is 9.04. The van der Waals surface area contributed by atoms with Crippen molar-refractivity contribution < 1.29 is 4.79 Å². The average Bonchev–Trinajstić information content (AvgIpc) is 2.43. The molecule has 0 saturated carbocycles. The number of amides is 1. The van der Waals surface area contributed by atoms with Gasteiger partial charge in [-0.3, -0.25) is 10.6 Å². The number of hydrazine groups is 1. The molecule has 0 aromatic heterocycles. The fraction of sp³-hybridized carbons (Fsp3) is 0.500. The minimum Gasteiger partial charge on any atom is -0.338 e. The van der Waals surface area contributed by atoms with Crippen LogP contribution in [0.25, 0.3) is 0 Å². The first-order valence-electron chi connectivity index (χ1n) is 6.38. The van der Waals surface area contributed by atoms with Gasteiger partial charge in [0.05, 0.1) is 5.69 Å². The van der Waals surface area contributed by atoms with E-state index in [1.54, 1.807) is 11.8 Å². The van der Waals surface area contributed by atoms with E-state index in [1.165, 1.54) is 0 Å². The molecule has 1 rings (SSSR count). The quantitative estimate of drug-likeness (QED) is 0.621. The van der Waals surface area contributed by atoms with Crippen molar-refractivity contribution in [2.45, 2.75) is 26.3 Å². The molecule has 1 aromatic carbocycles. The highest BCUT2D eigenvalue weighted by Crippen LogP contribution is 2.18. The molecule has 0 fully saturated rings. The van der Waals surface area contributed by atoms with Crippen molar-refractivity contribution in [3.63, 3.8) is 0 Å². The Bertz CT molecular complexity index is 437. The molecule has 4 nitrogen and oxygen atoms in total. The molecule has 1 atom stereocenters. The molecule has 0 radical (unpaired) electrons. The van der Waals surface area contributed by atoms with Crippen LogP contribution in [-0.2, 0) is 0 Å². The number of hydrogen-bond acceptors (Lipinski definition) is 4. The van der Waals surface area contributed by atoms with E-state index in [9.17, 15) is 4.79 Å². The van der Waals surface area contributed by atoms with Crippen LogP contribution in [0.3, 0.4) is 0 Å². The summed E-state index contributed by atoms with van der Waals surface area (Å²) in [6.07, 6.45) is 3.03. The number of hydrogen-bond donors (Lipinski definition) is 2. The zero-order valence-corrected chi connectivity index (χ0v) is 12.9. The van der Waals surface area contributed by atoms with Gasteiger partial charge in [-0.15, -0.1) is 0 Å². The summed E-state index contributed by atoms with van der Waals surface area (Å²) in [5.41, 5.74) is 5.14. The molecule has 0 saturated heterocycles. The third kappa shape index (κ3) is 3.88. The van der Waals surface area contributed by atoms with E-state index in [1.807, 2.05) is 37.1 Å². The first kappa shape index (κ1) is 15.9. The van der Waals surface area contributed by atoms with Crippen LogP contribution < -0.4 is 11.3 Å². The van der Waals surface area contributed by atoms with Crippen LogP contribution in [0.4, 0.5) is 5.69 Å². The Labute approximate surface area is 119 Å². The molecule has 0 aliphatic rings. The highest BCUT2D eigenvalue weighted by Gasteiger charge is 2.19. The summed E-state index contributed by atoms with van der Waals surface area (Å²) in [6, 6.07) is 5.80. The number of nitrogens with zero attached hydrogens (tertiary/aromatic N) is 1. The molecular weight excluding hydrogens is 258 g/mol. The monoisotopic (exact) mass is 281 g/mol. The summed E-state index contributed by atoms with van der Waals surface area (Å²) in [4.78, 5) is 14.3. The number of nitrogen functional groups attached to an aromatic ring is 1. The molecule has 1 aromatic rings. The van der Waals surface area contributed by atoms with Gasteiger partial charge in [-0.25, -0.2) is 0 Å². The van der Waals surface area contributed by atoms with E-state index >= 15 is 0 Å². The minimum atomic E-state index is 0.0626. The maximum absolute atomic E-state index is 12.4. The molecule has 1 amide bonds. The summed E-state index contributed by atoms with van der Waals surface area (Å²) in [6.45, 7) is 4.04. The number of carbonyl (C=O) groups is 1. The molecule has 0 bridgehead atoms. The standard InChI is InChI=1S/C14H23N3OS/c1-5-12(9-19-4)17(3)14(18)11-6-7-13(16-15)10(2)8-11/h6-8,12,16H,5,9,15H2,1-4H3. The van der Waals surface area contributed by atoms with E-state index in [4.69, 9.17) is 5.84 Å². The number of benzene rings is 1. The number of aryl methyl sites for hydroxylation is 1. The van der Waals surface area contributed by atoms with Gasteiger partial charge in [0, 0.05) is 24.4 Å². The second-order valence-electron chi connectivity index (χ2n) is 4.61. The van der Waals surface area contributed by atoms with E-state index < -0.39 is 0 Å². The summed E-state index contributed by atoms with van der Waals surface area (Å²) in [7, 11) is 1.87. The van der Waals surface area contributed by atoms with Gasteiger partial charge in [0.15, 0.2) is 0 Å². The topological polar surface area (TPSA) is 58.4 Å². The second-order valence-corrected chi connectivity index (χ2v) is 5.52. The predicted molar refractivity (Wildman–Crippen MR) is 83.5 cm³/mol. The normalized spacial score (nSPS) is 12.1. The minimum absolute atomic E-state index is 0.0626. The molecule has 19 heavy (non-hydrogen) atoms. The largest absolute Gasteiger partial charge is 0.338 e. The van der Waals surface area contributed by atoms with Crippen molar-refractivity contribution in [2.75, 3.05) is 24.5 Å². The number of nitrogens with two attached hydrogens (primary N) is 1. The van der Waals surface area contributed by atoms with Gasteiger partial charge < -0.3 is 10.3 Å². The van der Waals surface area contributed by atoms with E-state index in [0.29, 0.717) is 5.56 Å². The fourth-order valence-corrected chi connectivity index (χ4v) is 2.87. The van der Waals surface area contributed by atoms with E-state index in [2.05, 4.69) is 18.6 Å². The molecule has 106 valence electrons. The van der Waals surface area contributed by atoms with Gasteiger partial charge in [0.2, 0.25) is 0 Å². The SMILES string of the molecule is CCC(CSC)N(C)C(=O)c1ccc(NN)c(C)c1. The maximum atomic E-state index is 12.4. The summed E-state index contributed by atoms with van der Waals surface area (Å²) in [5.74, 6) is 6.42. The molecule has 0 aliphatic heterocycles. The number of nitrogens with one attached hydrogen (secondary N) is 1. The highest BCUT2D eigenvalue weighted by molar-refractivity contribution is 7.98. The van der Waals surface area contributed by atoms with Gasteiger partial charge >= 0.3 is 0 Å². The van der Waals surface area contributed by atoms with Crippen LogP contribution >= 0.6 is 11.8 Å². The van der Waals surface area contributed by atoms with Crippen LogP contribution in [0.2, 0.25) is 0 Å². The summed E-state index contributed by atoms with van der Waals surface area (Å²) in [5, 5.41) is 0. The Kier molecular flexibility index (Phi) is 6.18. The second kappa shape index (κ2) is 7.40. The zero-order valence-electron chi connectivity index (χ0n) is 12.1. The van der Waals surface area contributed by atoms with Crippen molar-refractivity contribution >= 4 is 23.4 Å². The van der Waals surface area contributed by atoms with Crippen LogP contribution in [0.1, 0.15) is 29.3 Å². The number of anilines is 1. The smallest absolute Gasteiger partial charge is 0.253 e. The number of thioether (sulfide) groups is 1. The Balaban J connectivity index is 2.90.